The van der Waals surface area contributed by atoms with Crippen molar-refractivity contribution in [2.45, 2.75) is 38.1 Å². The average molecular weight is 455 g/mol. The number of ether oxygens (including phenoxy) is 2. The Balaban J connectivity index is 1.36. The molecule has 0 saturated heterocycles. The fourth-order valence-electron chi connectivity index (χ4n) is 4.09. The molecule has 0 saturated carbocycles. The van der Waals surface area contributed by atoms with E-state index in [0.29, 0.717) is 6.42 Å². The van der Waals surface area contributed by atoms with E-state index in [1.165, 1.54) is 11.1 Å². The quantitative estimate of drug-likeness (QED) is 0.424. The second kappa shape index (κ2) is 12.0. The highest BCUT2D eigenvalue weighted by molar-refractivity contribution is 5.79. The molecule has 0 aromatic heterocycles. The summed E-state index contributed by atoms with van der Waals surface area (Å²) in [6, 6.07) is 15.8. The van der Waals surface area contributed by atoms with Crippen molar-refractivity contribution < 1.29 is 29.0 Å². The molecule has 2 aromatic carbocycles. The van der Waals surface area contributed by atoms with Crippen molar-refractivity contribution in [3.05, 3.63) is 59.7 Å². The van der Waals surface area contributed by atoms with E-state index in [9.17, 15) is 14.4 Å². The molecule has 2 aromatic rings. The molecular weight excluding hydrogens is 424 g/mol. The van der Waals surface area contributed by atoms with Gasteiger partial charge in [-0.1, -0.05) is 61.9 Å². The molecular formula is C25H30N2O6. The number of fused-ring (bicyclic) bond motifs is 3. The Hall–Kier alpha value is -3.39. The van der Waals surface area contributed by atoms with Crippen LogP contribution in [0.4, 0.5) is 4.79 Å². The first-order chi connectivity index (χ1) is 16.0. The van der Waals surface area contributed by atoms with Crippen molar-refractivity contribution in [3.63, 3.8) is 0 Å². The predicted octanol–water partition coefficient (Wildman–Crippen LogP) is 3.30. The smallest absolute Gasteiger partial charge is 0.407 e. The maximum atomic E-state index is 12.1. The molecule has 0 heterocycles. The van der Waals surface area contributed by atoms with Crippen LogP contribution in [0.3, 0.4) is 0 Å². The molecule has 0 aliphatic heterocycles. The average Bonchev–Trinajstić information content (AvgIpc) is 3.11. The lowest BCUT2D eigenvalue weighted by molar-refractivity contribution is -0.138. The number of carboxylic acid groups (broad SMARTS) is 1. The first kappa shape index (κ1) is 24.3. The zero-order valence-corrected chi connectivity index (χ0v) is 18.7. The summed E-state index contributed by atoms with van der Waals surface area (Å²) in [5, 5.41) is 14.2. The zero-order chi connectivity index (χ0) is 23.6. The molecule has 0 radical (unpaired) electrons. The molecule has 33 heavy (non-hydrogen) atoms. The van der Waals surface area contributed by atoms with Gasteiger partial charge in [-0.25, -0.2) is 4.79 Å². The summed E-state index contributed by atoms with van der Waals surface area (Å²) in [7, 11) is 0. The Kier molecular flexibility index (Phi) is 8.83. The molecule has 0 fully saturated rings. The van der Waals surface area contributed by atoms with Crippen LogP contribution in [0.5, 0.6) is 0 Å². The molecule has 3 rings (SSSR count). The van der Waals surface area contributed by atoms with Gasteiger partial charge in [0.25, 0.3) is 0 Å². The fraction of sp³-hybridized carbons (Fsp3) is 0.400. The normalized spacial score (nSPS) is 13.0. The van der Waals surface area contributed by atoms with Crippen LogP contribution < -0.4 is 10.6 Å². The lowest BCUT2D eigenvalue weighted by Gasteiger charge is -2.16. The highest BCUT2D eigenvalue weighted by Gasteiger charge is 2.28. The number of carboxylic acids is 1. The van der Waals surface area contributed by atoms with Crippen LogP contribution in [0.25, 0.3) is 11.1 Å². The number of benzene rings is 2. The van der Waals surface area contributed by atoms with Crippen LogP contribution >= 0.6 is 0 Å². The number of aliphatic carboxylic acids is 1. The highest BCUT2D eigenvalue weighted by atomic mass is 16.5. The molecule has 8 nitrogen and oxygen atoms in total. The topological polar surface area (TPSA) is 114 Å². The van der Waals surface area contributed by atoms with Gasteiger partial charge >= 0.3 is 12.1 Å². The zero-order valence-electron chi connectivity index (χ0n) is 18.7. The number of amides is 2. The van der Waals surface area contributed by atoms with Crippen molar-refractivity contribution in [1.82, 2.24) is 10.6 Å². The van der Waals surface area contributed by atoms with Crippen molar-refractivity contribution in [1.29, 1.82) is 0 Å². The lowest BCUT2D eigenvalue weighted by atomic mass is 9.98. The van der Waals surface area contributed by atoms with Crippen LogP contribution in [-0.4, -0.2) is 55.5 Å². The van der Waals surface area contributed by atoms with E-state index in [1.807, 2.05) is 31.2 Å². The third kappa shape index (κ3) is 6.79. The summed E-state index contributed by atoms with van der Waals surface area (Å²) >= 11 is 0. The summed E-state index contributed by atoms with van der Waals surface area (Å²) < 4.78 is 10.7. The number of carbonyl (C=O) groups excluding carboxylic acids is 2. The molecule has 176 valence electrons. The maximum Gasteiger partial charge on any atom is 0.407 e. The van der Waals surface area contributed by atoms with Gasteiger partial charge in [0.2, 0.25) is 5.91 Å². The number of nitrogens with one attached hydrogen (secondary N) is 2. The van der Waals surface area contributed by atoms with E-state index < -0.39 is 18.1 Å². The van der Waals surface area contributed by atoms with Crippen molar-refractivity contribution in [3.8, 4) is 11.1 Å². The Bertz CT molecular complexity index is 931. The number of hydrogen-bond acceptors (Lipinski definition) is 5. The van der Waals surface area contributed by atoms with Crippen molar-refractivity contribution >= 4 is 18.0 Å². The van der Waals surface area contributed by atoms with Gasteiger partial charge in [-0.05, 0) is 28.7 Å². The van der Waals surface area contributed by atoms with Crippen LogP contribution in [0.2, 0.25) is 0 Å². The van der Waals surface area contributed by atoms with E-state index >= 15 is 0 Å². The first-order valence-corrected chi connectivity index (χ1v) is 11.2. The van der Waals surface area contributed by atoms with Crippen molar-refractivity contribution in [2.75, 3.05) is 26.4 Å². The molecule has 1 aliphatic rings. The van der Waals surface area contributed by atoms with Gasteiger partial charge < -0.3 is 25.2 Å². The van der Waals surface area contributed by atoms with E-state index in [2.05, 4.69) is 34.9 Å². The summed E-state index contributed by atoms with van der Waals surface area (Å²) in [5.74, 6) is -1.34. The van der Waals surface area contributed by atoms with Gasteiger partial charge in [-0.3, -0.25) is 9.59 Å². The Labute approximate surface area is 193 Å². The number of alkyl carbamates (subject to hydrolysis) is 1. The molecule has 1 atom stereocenters. The largest absolute Gasteiger partial charge is 0.481 e. The van der Waals surface area contributed by atoms with Gasteiger partial charge in [0, 0.05) is 18.5 Å². The summed E-state index contributed by atoms with van der Waals surface area (Å²) in [6.45, 7) is 2.27. The molecule has 3 N–H and O–H groups in total. The minimum Gasteiger partial charge on any atom is -0.481 e. The molecule has 0 spiro atoms. The van der Waals surface area contributed by atoms with E-state index in [-0.39, 0.29) is 44.6 Å². The highest BCUT2D eigenvalue weighted by Crippen LogP contribution is 2.44. The summed E-state index contributed by atoms with van der Waals surface area (Å²) in [5.41, 5.74) is 4.62. The third-order valence-electron chi connectivity index (χ3n) is 5.52. The van der Waals surface area contributed by atoms with Crippen LogP contribution in [0.1, 0.15) is 43.2 Å². The SMILES string of the molecule is CCC[C@@H](CC(=O)O)NC(=O)COCCNC(=O)OCC1c2ccccc2-c2ccccc21. The van der Waals surface area contributed by atoms with E-state index in [1.54, 1.807) is 0 Å². The third-order valence-corrected chi connectivity index (χ3v) is 5.52. The summed E-state index contributed by atoms with van der Waals surface area (Å²) in [6.07, 6.45) is 0.683. The molecule has 8 heteroatoms. The second-order valence-electron chi connectivity index (χ2n) is 7.96. The standard InChI is InChI=1S/C25H30N2O6/c1-2-7-17(14-24(29)30)27-23(28)16-32-13-12-26-25(31)33-15-22-20-10-5-3-8-18(20)19-9-4-6-11-21(19)22/h3-6,8-11,17,22H,2,7,12-16H2,1H3,(H,26,31)(H,27,28)(H,29,30)/t17-/m0/s1. The Morgan fingerprint density at radius 1 is 1.03 bits per heavy atom. The number of rotatable bonds is 12. The van der Waals surface area contributed by atoms with Crippen LogP contribution in [0, 0.1) is 0 Å². The van der Waals surface area contributed by atoms with Gasteiger partial charge in [-0.15, -0.1) is 0 Å². The molecule has 2 amide bonds. The first-order valence-electron chi connectivity index (χ1n) is 11.2. The number of hydrogen-bond donors (Lipinski definition) is 3. The van der Waals surface area contributed by atoms with Crippen molar-refractivity contribution in [2.24, 2.45) is 0 Å². The van der Waals surface area contributed by atoms with Crippen LogP contribution in [0.15, 0.2) is 48.5 Å². The monoisotopic (exact) mass is 454 g/mol. The van der Waals surface area contributed by atoms with Gasteiger partial charge in [0.1, 0.15) is 13.2 Å². The molecule has 0 bridgehead atoms. The van der Waals surface area contributed by atoms with Crippen LogP contribution in [-0.2, 0) is 19.1 Å². The fourth-order valence-corrected chi connectivity index (χ4v) is 4.09. The van der Waals surface area contributed by atoms with Gasteiger partial charge in [0.05, 0.1) is 13.0 Å². The number of carbonyl (C=O) groups is 3. The van der Waals surface area contributed by atoms with E-state index in [0.717, 1.165) is 17.5 Å². The Morgan fingerprint density at radius 3 is 2.27 bits per heavy atom. The summed E-state index contributed by atoms with van der Waals surface area (Å²) in [4.78, 5) is 34.9. The Morgan fingerprint density at radius 2 is 1.67 bits per heavy atom. The molecule has 0 unspecified atom stereocenters. The minimum atomic E-state index is -0.957. The van der Waals surface area contributed by atoms with E-state index in [4.69, 9.17) is 14.6 Å². The maximum absolute atomic E-state index is 12.1. The minimum absolute atomic E-state index is 0.00929. The second-order valence-corrected chi connectivity index (χ2v) is 7.96. The molecule has 1 aliphatic carbocycles. The lowest BCUT2D eigenvalue weighted by Crippen LogP contribution is -2.39. The van der Waals surface area contributed by atoms with Gasteiger partial charge in [-0.2, -0.15) is 0 Å². The van der Waals surface area contributed by atoms with Gasteiger partial charge in [0.15, 0.2) is 0 Å². The predicted molar refractivity (Wildman–Crippen MR) is 123 cm³/mol.